The molecule has 8 heteroatoms. The molecule has 1 rings (SSSR count). The fraction of sp³-hybridized carbons (Fsp3) is 0.417. The lowest BCUT2D eigenvalue weighted by Crippen LogP contribution is -2.32. The molecular weight excluding hydrogens is 302 g/mol. The summed E-state index contributed by atoms with van der Waals surface area (Å²) in [5, 5.41) is 2.58. The minimum absolute atomic E-state index is 0. The first-order valence-corrected chi connectivity index (χ1v) is 7.39. The van der Waals surface area contributed by atoms with Gasteiger partial charge in [-0.1, -0.05) is 0 Å². The smallest absolute Gasteiger partial charge is 0.240 e. The van der Waals surface area contributed by atoms with Gasteiger partial charge in [-0.05, 0) is 45.0 Å². The van der Waals surface area contributed by atoms with Crippen LogP contribution in [-0.4, -0.2) is 26.4 Å². The number of carbonyl (C=O) groups excluding carboxylic acids is 1. The zero-order valence-electron chi connectivity index (χ0n) is 11.6. The summed E-state index contributed by atoms with van der Waals surface area (Å²) in [6.07, 6.45) is 0. The molecule has 6 nitrogen and oxygen atoms in total. The van der Waals surface area contributed by atoms with E-state index in [1.54, 1.807) is 20.8 Å². The lowest BCUT2D eigenvalue weighted by molar-refractivity contribution is -0.117. The van der Waals surface area contributed by atoms with Gasteiger partial charge in [-0.2, -0.15) is 0 Å². The SMILES string of the molecule is CC(C)NS(=O)(=O)c1ccc(NC(=O)[C@H](C)N)cc1.Cl. The second kappa shape index (κ2) is 7.58. The first kappa shape index (κ1) is 18.9. The first-order chi connectivity index (χ1) is 8.72. The highest BCUT2D eigenvalue weighted by Crippen LogP contribution is 2.14. The van der Waals surface area contributed by atoms with Gasteiger partial charge in [0.1, 0.15) is 0 Å². The Bertz CT molecular complexity index is 542. The Balaban J connectivity index is 0.00000361. The summed E-state index contributed by atoms with van der Waals surface area (Å²) >= 11 is 0. The van der Waals surface area contributed by atoms with Gasteiger partial charge in [-0.15, -0.1) is 12.4 Å². The van der Waals surface area contributed by atoms with Gasteiger partial charge in [-0.25, -0.2) is 13.1 Å². The summed E-state index contributed by atoms with van der Waals surface area (Å²) < 4.78 is 26.2. The molecule has 4 N–H and O–H groups in total. The van der Waals surface area contributed by atoms with Crippen molar-refractivity contribution in [3.05, 3.63) is 24.3 Å². The lowest BCUT2D eigenvalue weighted by atomic mass is 10.3. The van der Waals surface area contributed by atoms with Crippen LogP contribution in [0.15, 0.2) is 29.2 Å². The average molecular weight is 322 g/mol. The average Bonchev–Trinajstić information content (AvgIpc) is 2.27. The van der Waals surface area contributed by atoms with Gasteiger partial charge in [-0.3, -0.25) is 4.79 Å². The molecule has 1 atom stereocenters. The molecule has 0 heterocycles. The summed E-state index contributed by atoms with van der Waals surface area (Å²) in [6, 6.07) is 5.11. The van der Waals surface area contributed by atoms with Crippen LogP contribution in [0, 0.1) is 0 Å². The Morgan fingerprint density at radius 1 is 1.15 bits per heavy atom. The number of nitrogens with two attached hydrogens (primary N) is 1. The zero-order valence-corrected chi connectivity index (χ0v) is 13.2. The minimum atomic E-state index is -3.51. The Morgan fingerprint density at radius 3 is 2.05 bits per heavy atom. The van der Waals surface area contributed by atoms with E-state index in [-0.39, 0.29) is 29.3 Å². The van der Waals surface area contributed by atoms with Gasteiger partial charge in [0.05, 0.1) is 10.9 Å². The molecule has 1 aromatic carbocycles. The van der Waals surface area contributed by atoms with Crippen molar-refractivity contribution in [2.75, 3.05) is 5.32 Å². The molecule has 0 saturated carbocycles. The van der Waals surface area contributed by atoms with Crippen molar-refractivity contribution >= 4 is 34.0 Å². The monoisotopic (exact) mass is 321 g/mol. The Labute approximate surface area is 125 Å². The van der Waals surface area contributed by atoms with E-state index in [9.17, 15) is 13.2 Å². The van der Waals surface area contributed by atoms with Crippen molar-refractivity contribution in [3.63, 3.8) is 0 Å². The largest absolute Gasteiger partial charge is 0.325 e. The molecule has 0 spiro atoms. The van der Waals surface area contributed by atoms with Crippen molar-refractivity contribution in [1.82, 2.24) is 4.72 Å². The molecule has 1 amide bonds. The Morgan fingerprint density at radius 2 is 1.65 bits per heavy atom. The molecule has 0 aliphatic carbocycles. The number of nitrogens with one attached hydrogen (secondary N) is 2. The predicted molar refractivity (Wildman–Crippen MR) is 81.4 cm³/mol. The van der Waals surface area contributed by atoms with Gasteiger partial charge in [0.2, 0.25) is 15.9 Å². The Hall–Kier alpha value is -1.15. The number of rotatable bonds is 5. The van der Waals surface area contributed by atoms with E-state index in [0.29, 0.717) is 5.69 Å². The number of halogens is 1. The fourth-order valence-electron chi connectivity index (χ4n) is 1.35. The maximum atomic E-state index is 11.9. The van der Waals surface area contributed by atoms with Gasteiger partial charge in [0.15, 0.2) is 0 Å². The minimum Gasteiger partial charge on any atom is -0.325 e. The third kappa shape index (κ3) is 5.46. The third-order valence-electron chi connectivity index (χ3n) is 2.24. The number of benzene rings is 1. The third-order valence-corrected chi connectivity index (χ3v) is 3.91. The molecule has 0 bridgehead atoms. The van der Waals surface area contributed by atoms with Crippen LogP contribution in [0.2, 0.25) is 0 Å². The predicted octanol–water partition coefficient (Wildman–Crippen LogP) is 1.08. The zero-order chi connectivity index (χ0) is 14.6. The summed E-state index contributed by atoms with van der Waals surface area (Å²) in [7, 11) is -3.51. The van der Waals surface area contributed by atoms with E-state index in [0.717, 1.165) is 0 Å². The van der Waals surface area contributed by atoms with E-state index in [1.807, 2.05) is 0 Å². The second-order valence-electron chi connectivity index (χ2n) is 4.58. The second-order valence-corrected chi connectivity index (χ2v) is 6.29. The number of anilines is 1. The summed E-state index contributed by atoms with van der Waals surface area (Å²) in [6.45, 7) is 5.06. The quantitative estimate of drug-likeness (QED) is 0.755. The maximum absolute atomic E-state index is 11.9. The van der Waals surface area contributed by atoms with Gasteiger partial charge < -0.3 is 11.1 Å². The molecule has 0 aromatic heterocycles. The normalized spacial score (nSPS) is 12.7. The number of hydrogen-bond donors (Lipinski definition) is 3. The van der Waals surface area contributed by atoms with Crippen molar-refractivity contribution in [3.8, 4) is 0 Å². The molecule has 0 fully saturated rings. The first-order valence-electron chi connectivity index (χ1n) is 5.91. The van der Waals surface area contributed by atoms with Crippen molar-refractivity contribution < 1.29 is 13.2 Å². The van der Waals surface area contributed by atoms with Crippen LogP contribution >= 0.6 is 12.4 Å². The summed E-state index contributed by atoms with van der Waals surface area (Å²) in [5.41, 5.74) is 5.93. The van der Waals surface area contributed by atoms with Crippen LogP contribution in [0.1, 0.15) is 20.8 Å². The van der Waals surface area contributed by atoms with E-state index >= 15 is 0 Å². The number of hydrogen-bond acceptors (Lipinski definition) is 4. The lowest BCUT2D eigenvalue weighted by Gasteiger charge is -2.11. The molecule has 114 valence electrons. The number of carbonyl (C=O) groups is 1. The van der Waals surface area contributed by atoms with E-state index in [4.69, 9.17) is 5.73 Å². The fourth-order valence-corrected chi connectivity index (χ4v) is 2.60. The van der Waals surface area contributed by atoms with E-state index < -0.39 is 16.1 Å². The van der Waals surface area contributed by atoms with Crippen LogP contribution in [0.5, 0.6) is 0 Å². The summed E-state index contributed by atoms with van der Waals surface area (Å²) in [5.74, 6) is -0.323. The van der Waals surface area contributed by atoms with Crippen molar-refractivity contribution in [1.29, 1.82) is 0 Å². The molecular formula is C12H20ClN3O3S. The van der Waals surface area contributed by atoms with Crippen LogP contribution in [-0.2, 0) is 14.8 Å². The van der Waals surface area contributed by atoms with Gasteiger partial charge in [0, 0.05) is 11.7 Å². The molecule has 20 heavy (non-hydrogen) atoms. The summed E-state index contributed by atoms with van der Waals surface area (Å²) in [4.78, 5) is 11.5. The van der Waals surface area contributed by atoms with Gasteiger partial charge in [0.25, 0.3) is 0 Å². The molecule has 0 saturated heterocycles. The van der Waals surface area contributed by atoms with Crippen LogP contribution < -0.4 is 15.8 Å². The molecule has 1 aromatic rings. The molecule has 0 unspecified atom stereocenters. The molecule has 0 aliphatic rings. The number of sulfonamides is 1. The topological polar surface area (TPSA) is 101 Å². The molecule has 0 aliphatic heterocycles. The highest BCUT2D eigenvalue weighted by Gasteiger charge is 2.15. The van der Waals surface area contributed by atoms with Crippen molar-refractivity contribution in [2.24, 2.45) is 5.73 Å². The standard InChI is InChI=1S/C12H19N3O3S.ClH/c1-8(2)15-19(17,18)11-6-4-10(5-7-11)14-12(16)9(3)13;/h4-9,15H,13H2,1-3H3,(H,14,16);1H/t9-;/m0./s1. The Kier molecular flexibility index (Phi) is 7.15. The molecule has 0 radical (unpaired) electrons. The van der Waals surface area contributed by atoms with Crippen LogP contribution in [0.3, 0.4) is 0 Å². The van der Waals surface area contributed by atoms with Crippen LogP contribution in [0.25, 0.3) is 0 Å². The highest BCUT2D eigenvalue weighted by atomic mass is 35.5. The van der Waals surface area contributed by atoms with E-state index in [1.165, 1.54) is 24.3 Å². The van der Waals surface area contributed by atoms with Crippen molar-refractivity contribution in [2.45, 2.75) is 37.8 Å². The number of amides is 1. The van der Waals surface area contributed by atoms with E-state index in [2.05, 4.69) is 10.0 Å². The van der Waals surface area contributed by atoms with Gasteiger partial charge >= 0.3 is 0 Å². The maximum Gasteiger partial charge on any atom is 0.240 e. The highest BCUT2D eigenvalue weighted by molar-refractivity contribution is 7.89. The van der Waals surface area contributed by atoms with Crippen LogP contribution in [0.4, 0.5) is 5.69 Å².